The fraction of sp³-hybridized carbons (Fsp3) is 0.889. The molecule has 0 aliphatic heterocycles. The second-order valence-electron chi connectivity index (χ2n) is 3.62. The number of rotatable bonds is 4. The molecule has 0 N–H and O–H groups in total. The molecule has 1 aliphatic rings. The van der Waals surface area contributed by atoms with E-state index in [9.17, 15) is 0 Å². The summed E-state index contributed by atoms with van der Waals surface area (Å²) in [6, 6.07) is 2.73. The molecule has 0 aromatic heterocycles. The molecular formula is C9H16N2. The third-order valence-electron chi connectivity index (χ3n) is 2.19. The monoisotopic (exact) mass is 152 g/mol. The predicted molar refractivity (Wildman–Crippen MR) is 45.0 cm³/mol. The molecule has 0 bridgehead atoms. The van der Waals surface area contributed by atoms with Crippen LogP contribution in [0.4, 0.5) is 0 Å². The summed E-state index contributed by atoms with van der Waals surface area (Å²) in [5, 5.41) is 8.53. The molecule has 0 radical (unpaired) electrons. The van der Waals surface area contributed by atoms with Crippen LogP contribution >= 0.6 is 0 Å². The van der Waals surface area contributed by atoms with Gasteiger partial charge < -0.3 is 0 Å². The topological polar surface area (TPSA) is 27.0 Å². The number of nitriles is 1. The Bertz CT molecular complexity index is 153. The fourth-order valence-corrected chi connectivity index (χ4v) is 1.18. The predicted octanol–water partition coefficient (Wildman–Crippen LogP) is 1.63. The maximum Gasteiger partial charge on any atom is 0.0868 e. The van der Waals surface area contributed by atoms with E-state index in [2.05, 4.69) is 24.8 Å². The maximum absolute atomic E-state index is 8.53. The van der Waals surface area contributed by atoms with E-state index in [-0.39, 0.29) is 0 Å². The van der Waals surface area contributed by atoms with Crippen LogP contribution in [-0.2, 0) is 0 Å². The van der Waals surface area contributed by atoms with Crippen molar-refractivity contribution in [2.75, 3.05) is 13.1 Å². The average Bonchev–Trinajstić information content (AvgIpc) is 2.70. The lowest BCUT2D eigenvalue weighted by Crippen LogP contribution is -2.33. The fourth-order valence-electron chi connectivity index (χ4n) is 1.18. The lowest BCUT2D eigenvalue weighted by atomic mass is 10.3. The molecule has 0 saturated heterocycles. The minimum Gasteiger partial charge on any atom is -0.288 e. The van der Waals surface area contributed by atoms with Gasteiger partial charge in [-0.25, -0.2) is 0 Å². The molecule has 1 rings (SSSR count). The first-order valence-electron chi connectivity index (χ1n) is 4.35. The van der Waals surface area contributed by atoms with E-state index in [1.54, 1.807) is 0 Å². The Hall–Kier alpha value is -0.550. The standard InChI is InChI=1S/C9H16N2/c1-8(2)11(6-5-10)7-9-3-4-9/h8-9H,3-4,6-7H2,1-2H3. The molecule has 1 saturated carbocycles. The minimum absolute atomic E-state index is 0.523. The summed E-state index contributed by atoms with van der Waals surface area (Å²) < 4.78 is 0. The highest BCUT2D eigenvalue weighted by Gasteiger charge is 2.24. The lowest BCUT2D eigenvalue weighted by Gasteiger charge is -2.22. The lowest BCUT2D eigenvalue weighted by molar-refractivity contribution is 0.239. The minimum atomic E-state index is 0.523. The second kappa shape index (κ2) is 3.73. The number of hydrogen-bond donors (Lipinski definition) is 0. The number of nitrogens with zero attached hydrogens (tertiary/aromatic N) is 2. The Morgan fingerprint density at radius 1 is 1.55 bits per heavy atom. The van der Waals surface area contributed by atoms with Crippen LogP contribution in [0.3, 0.4) is 0 Å². The first kappa shape index (κ1) is 8.55. The first-order chi connectivity index (χ1) is 5.24. The largest absolute Gasteiger partial charge is 0.288 e. The van der Waals surface area contributed by atoms with Gasteiger partial charge in [-0.1, -0.05) is 0 Å². The van der Waals surface area contributed by atoms with Crippen molar-refractivity contribution in [1.82, 2.24) is 4.90 Å². The van der Waals surface area contributed by atoms with E-state index in [4.69, 9.17) is 5.26 Å². The van der Waals surface area contributed by atoms with E-state index in [1.807, 2.05) is 0 Å². The average molecular weight is 152 g/mol. The van der Waals surface area contributed by atoms with Gasteiger partial charge in [-0.3, -0.25) is 4.90 Å². The van der Waals surface area contributed by atoms with Crippen molar-refractivity contribution in [1.29, 1.82) is 5.26 Å². The van der Waals surface area contributed by atoms with Crippen LogP contribution in [0.15, 0.2) is 0 Å². The normalized spacial score (nSPS) is 17.4. The summed E-state index contributed by atoms with van der Waals surface area (Å²) in [5.41, 5.74) is 0. The van der Waals surface area contributed by atoms with Gasteiger partial charge in [0.1, 0.15) is 0 Å². The van der Waals surface area contributed by atoms with Crippen LogP contribution in [0, 0.1) is 17.2 Å². The van der Waals surface area contributed by atoms with Gasteiger partial charge in [-0.2, -0.15) is 5.26 Å². The van der Waals surface area contributed by atoms with Crippen LogP contribution in [0.25, 0.3) is 0 Å². The second-order valence-corrected chi connectivity index (χ2v) is 3.62. The first-order valence-corrected chi connectivity index (χ1v) is 4.35. The van der Waals surface area contributed by atoms with Crippen molar-refractivity contribution in [2.24, 2.45) is 5.92 Å². The third kappa shape index (κ3) is 2.90. The molecule has 2 heteroatoms. The van der Waals surface area contributed by atoms with Crippen molar-refractivity contribution in [3.63, 3.8) is 0 Å². The summed E-state index contributed by atoms with van der Waals surface area (Å²) in [5.74, 6) is 0.894. The van der Waals surface area contributed by atoms with Crippen molar-refractivity contribution >= 4 is 0 Å². The third-order valence-corrected chi connectivity index (χ3v) is 2.19. The summed E-state index contributed by atoms with van der Waals surface area (Å²) in [6.07, 6.45) is 2.74. The summed E-state index contributed by atoms with van der Waals surface area (Å²) in [7, 11) is 0. The molecule has 0 amide bonds. The van der Waals surface area contributed by atoms with E-state index in [0.717, 1.165) is 12.5 Å². The Balaban J connectivity index is 2.26. The maximum atomic E-state index is 8.53. The molecule has 2 nitrogen and oxygen atoms in total. The highest BCUT2D eigenvalue weighted by Crippen LogP contribution is 2.30. The zero-order valence-corrected chi connectivity index (χ0v) is 7.38. The molecule has 11 heavy (non-hydrogen) atoms. The Morgan fingerprint density at radius 2 is 2.18 bits per heavy atom. The van der Waals surface area contributed by atoms with Crippen molar-refractivity contribution in [3.05, 3.63) is 0 Å². The molecule has 62 valence electrons. The van der Waals surface area contributed by atoms with Crippen LogP contribution in [-0.4, -0.2) is 24.0 Å². The summed E-state index contributed by atoms with van der Waals surface area (Å²) in [6.45, 7) is 6.03. The molecule has 0 spiro atoms. The molecule has 1 aliphatic carbocycles. The van der Waals surface area contributed by atoms with Crippen LogP contribution in [0.5, 0.6) is 0 Å². The highest BCUT2D eigenvalue weighted by molar-refractivity contribution is 4.84. The van der Waals surface area contributed by atoms with Gasteiger partial charge >= 0.3 is 0 Å². The molecular weight excluding hydrogens is 136 g/mol. The summed E-state index contributed by atoms with van der Waals surface area (Å²) >= 11 is 0. The van der Waals surface area contributed by atoms with E-state index < -0.39 is 0 Å². The molecule has 1 fully saturated rings. The summed E-state index contributed by atoms with van der Waals surface area (Å²) in [4.78, 5) is 2.25. The Labute approximate surface area is 68.8 Å². The SMILES string of the molecule is CC(C)N(CC#N)CC1CC1. The van der Waals surface area contributed by atoms with Crippen molar-refractivity contribution in [3.8, 4) is 6.07 Å². The van der Waals surface area contributed by atoms with Crippen LogP contribution in [0.2, 0.25) is 0 Å². The molecule has 0 unspecified atom stereocenters. The Morgan fingerprint density at radius 3 is 2.55 bits per heavy atom. The van der Waals surface area contributed by atoms with Gasteiger partial charge in [0.25, 0.3) is 0 Å². The van der Waals surface area contributed by atoms with E-state index >= 15 is 0 Å². The van der Waals surface area contributed by atoms with Crippen LogP contribution in [0.1, 0.15) is 26.7 Å². The zero-order chi connectivity index (χ0) is 8.27. The van der Waals surface area contributed by atoms with E-state index in [1.165, 1.54) is 12.8 Å². The van der Waals surface area contributed by atoms with Gasteiger partial charge in [0, 0.05) is 12.6 Å². The molecule has 0 atom stereocenters. The Kier molecular flexibility index (Phi) is 2.90. The van der Waals surface area contributed by atoms with Crippen molar-refractivity contribution in [2.45, 2.75) is 32.7 Å². The van der Waals surface area contributed by atoms with Crippen LogP contribution < -0.4 is 0 Å². The highest BCUT2D eigenvalue weighted by atomic mass is 15.1. The smallest absolute Gasteiger partial charge is 0.0868 e. The zero-order valence-electron chi connectivity index (χ0n) is 7.38. The van der Waals surface area contributed by atoms with Gasteiger partial charge in [0.05, 0.1) is 12.6 Å². The van der Waals surface area contributed by atoms with E-state index in [0.29, 0.717) is 12.6 Å². The molecule has 0 aromatic rings. The number of hydrogen-bond acceptors (Lipinski definition) is 2. The van der Waals surface area contributed by atoms with Crippen molar-refractivity contribution < 1.29 is 0 Å². The van der Waals surface area contributed by atoms with Gasteiger partial charge in [0.15, 0.2) is 0 Å². The van der Waals surface area contributed by atoms with Gasteiger partial charge in [-0.15, -0.1) is 0 Å². The molecule has 0 aromatic carbocycles. The quantitative estimate of drug-likeness (QED) is 0.572. The molecule has 0 heterocycles. The van der Waals surface area contributed by atoms with Gasteiger partial charge in [-0.05, 0) is 32.6 Å². The van der Waals surface area contributed by atoms with Gasteiger partial charge in [0.2, 0.25) is 0 Å².